The lowest BCUT2D eigenvalue weighted by molar-refractivity contribution is -0.138. The number of pyridine rings is 1. The monoisotopic (exact) mass is 269 g/mol. The highest BCUT2D eigenvalue weighted by atomic mass is 16.4. The number of fused-ring (bicyclic) bond motifs is 1. The number of benzene rings is 1. The van der Waals surface area contributed by atoms with E-state index in [2.05, 4.69) is 20.5 Å². The fraction of sp³-hybridized carbons (Fsp3) is 0.154. The number of hydrogen-bond donors (Lipinski definition) is 1. The maximum atomic E-state index is 11.1. The summed E-state index contributed by atoms with van der Waals surface area (Å²) >= 11 is 0. The highest BCUT2D eigenvalue weighted by molar-refractivity contribution is 5.88. The van der Waals surface area contributed by atoms with Gasteiger partial charge in [-0.25, -0.2) is 4.98 Å². The average molecular weight is 269 g/mol. The molecule has 2 aromatic heterocycles. The first-order chi connectivity index (χ1) is 9.68. The molecule has 0 bridgehead atoms. The summed E-state index contributed by atoms with van der Waals surface area (Å²) < 4.78 is 1.38. The molecule has 1 N–H and O–H groups in total. The third kappa shape index (κ3) is 1.89. The molecule has 3 rings (SSSR count). The second-order valence-corrected chi connectivity index (χ2v) is 4.36. The number of aromatic nitrogens is 5. The highest BCUT2D eigenvalue weighted by Crippen LogP contribution is 2.22. The van der Waals surface area contributed by atoms with Crippen molar-refractivity contribution in [3.8, 4) is 5.82 Å². The van der Waals surface area contributed by atoms with Gasteiger partial charge >= 0.3 is 5.97 Å². The largest absolute Gasteiger partial charge is 0.481 e. The minimum Gasteiger partial charge on any atom is -0.481 e. The minimum absolute atomic E-state index is 0.251. The van der Waals surface area contributed by atoms with E-state index < -0.39 is 11.9 Å². The number of carboxylic acid groups (broad SMARTS) is 1. The minimum atomic E-state index is -0.985. The van der Waals surface area contributed by atoms with Crippen LogP contribution in [0.25, 0.3) is 16.6 Å². The van der Waals surface area contributed by atoms with E-state index in [1.54, 1.807) is 6.20 Å². The zero-order chi connectivity index (χ0) is 14.1. The molecule has 7 heteroatoms. The molecule has 2 heterocycles. The first kappa shape index (κ1) is 12.2. The van der Waals surface area contributed by atoms with Gasteiger partial charge in [0.2, 0.25) is 0 Å². The van der Waals surface area contributed by atoms with E-state index in [1.807, 2.05) is 30.3 Å². The zero-order valence-corrected chi connectivity index (χ0v) is 10.6. The molecule has 0 saturated heterocycles. The van der Waals surface area contributed by atoms with Crippen molar-refractivity contribution in [3.05, 3.63) is 42.4 Å². The van der Waals surface area contributed by atoms with Gasteiger partial charge in [-0.2, -0.15) is 4.68 Å². The molecule has 20 heavy (non-hydrogen) atoms. The van der Waals surface area contributed by atoms with E-state index in [0.29, 0.717) is 5.82 Å². The molecule has 100 valence electrons. The van der Waals surface area contributed by atoms with Crippen molar-refractivity contribution in [2.75, 3.05) is 0 Å². The molecule has 7 nitrogen and oxygen atoms in total. The van der Waals surface area contributed by atoms with Crippen LogP contribution in [0, 0.1) is 0 Å². The molecule has 0 fully saturated rings. The number of nitrogens with zero attached hydrogens (tertiary/aromatic N) is 5. The van der Waals surface area contributed by atoms with Crippen LogP contribution in [-0.4, -0.2) is 36.3 Å². The molecule has 0 spiro atoms. The summed E-state index contributed by atoms with van der Waals surface area (Å²) in [5.74, 6) is -1.02. The molecule has 0 aliphatic carbocycles. The Hall–Kier alpha value is -2.83. The first-order valence-corrected chi connectivity index (χ1v) is 6.03. The fourth-order valence-corrected chi connectivity index (χ4v) is 2.00. The molecule has 0 aliphatic rings. The average Bonchev–Trinajstić information content (AvgIpc) is 2.94. The van der Waals surface area contributed by atoms with Crippen molar-refractivity contribution in [2.24, 2.45) is 0 Å². The maximum Gasteiger partial charge on any atom is 0.314 e. The number of hydrogen-bond acceptors (Lipinski definition) is 5. The van der Waals surface area contributed by atoms with Crippen molar-refractivity contribution >= 4 is 16.7 Å². The van der Waals surface area contributed by atoms with Gasteiger partial charge in [0.15, 0.2) is 11.6 Å². The normalized spacial score (nSPS) is 12.4. The van der Waals surface area contributed by atoms with Gasteiger partial charge in [0, 0.05) is 11.6 Å². The molecule has 0 saturated carbocycles. The van der Waals surface area contributed by atoms with Gasteiger partial charge in [0.1, 0.15) is 5.92 Å². The quantitative estimate of drug-likeness (QED) is 0.772. The van der Waals surface area contributed by atoms with E-state index in [4.69, 9.17) is 5.11 Å². The van der Waals surface area contributed by atoms with Crippen LogP contribution in [0.3, 0.4) is 0 Å². The predicted octanol–water partition coefficient (Wildman–Crippen LogP) is 1.40. The van der Waals surface area contributed by atoms with Crippen LogP contribution < -0.4 is 0 Å². The van der Waals surface area contributed by atoms with E-state index in [1.165, 1.54) is 11.6 Å². The zero-order valence-electron chi connectivity index (χ0n) is 10.6. The van der Waals surface area contributed by atoms with Gasteiger partial charge in [-0.3, -0.25) is 4.79 Å². The smallest absolute Gasteiger partial charge is 0.314 e. The molecule has 1 aromatic carbocycles. The van der Waals surface area contributed by atoms with Crippen LogP contribution >= 0.6 is 0 Å². The van der Waals surface area contributed by atoms with E-state index in [-0.39, 0.29) is 5.82 Å². The summed E-state index contributed by atoms with van der Waals surface area (Å²) in [4.78, 5) is 15.4. The van der Waals surface area contributed by atoms with Crippen molar-refractivity contribution < 1.29 is 9.90 Å². The molecule has 0 radical (unpaired) electrons. The molecular weight excluding hydrogens is 258 g/mol. The van der Waals surface area contributed by atoms with Gasteiger partial charge in [0.25, 0.3) is 0 Å². The van der Waals surface area contributed by atoms with Crippen LogP contribution in [0.5, 0.6) is 0 Å². The SMILES string of the molecule is CC(C(=O)O)c1nnnn1-c1nccc2ccccc12. The van der Waals surface area contributed by atoms with Gasteiger partial charge in [-0.1, -0.05) is 24.3 Å². The Morgan fingerprint density at radius 3 is 2.90 bits per heavy atom. The van der Waals surface area contributed by atoms with Gasteiger partial charge < -0.3 is 5.11 Å². The number of carboxylic acids is 1. The molecule has 1 unspecified atom stereocenters. The third-order valence-corrected chi connectivity index (χ3v) is 3.10. The number of tetrazole rings is 1. The summed E-state index contributed by atoms with van der Waals surface area (Å²) in [7, 11) is 0. The fourth-order valence-electron chi connectivity index (χ4n) is 2.00. The summed E-state index contributed by atoms with van der Waals surface area (Å²) in [5, 5.41) is 22.2. The Kier molecular flexibility index (Phi) is 2.86. The number of rotatable bonds is 3. The Balaban J connectivity index is 2.22. The van der Waals surface area contributed by atoms with Gasteiger partial charge in [0.05, 0.1) is 0 Å². The Morgan fingerprint density at radius 1 is 1.30 bits per heavy atom. The van der Waals surface area contributed by atoms with Crippen molar-refractivity contribution in [3.63, 3.8) is 0 Å². The summed E-state index contributed by atoms with van der Waals surface area (Å²) in [5.41, 5.74) is 0. The van der Waals surface area contributed by atoms with Crippen molar-refractivity contribution in [1.29, 1.82) is 0 Å². The maximum absolute atomic E-state index is 11.1. The van der Waals surface area contributed by atoms with Gasteiger partial charge in [-0.05, 0) is 28.8 Å². The first-order valence-electron chi connectivity index (χ1n) is 6.03. The Morgan fingerprint density at radius 2 is 2.10 bits per heavy atom. The van der Waals surface area contributed by atoms with E-state index >= 15 is 0 Å². The van der Waals surface area contributed by atoms with Crippen LogP contribution in [0.1, 0.15) is 18.7 Å². The van der Waals surface area contributed by atoms with Crippen molar-refractivity contribution in [2.45, 2.75) is 12.8 Å². The van der Waals surface area contributed by atoms with Gasteiger partial charge in [-0.15, -0.1) is 5.10 Å². The molecular formula is C13H11N5O2. The van der Waals surface area contributed by atoms with E-state index in [9.17, 15) is 4.79 Å². The Bertz CT molecular complexity index is 778. The number of aliphatic carboxylic acids is 1. The lowest BCUT2D eigenvalue weighted by Gasteiger charge is -2.09. The summed E-state index contributed by atoms with van der Waals surface area (Å²) in [6.45, 7) is 1.54. The third-order valence-electron chi connectivity index (χ3n) is 3.10. The van der Waals surface area contributed by atoms with Crippen molar-refractivity contribution in [1.82, 2.24) is 25.2 Å². The summed E-state index contributed by atoms with van der Waals surface area (Å²) in [6.07, 6.45) is 1.65. The second kappa shape index (κ2) is 4.69. The highest BCUT2D eigenvalue weighted by Gasteiger charge is 2.23. The standard InChI is InChI=1S/C13H11N5O2/c1-8(13(19)20)11-15-16-17-18(11)12-10-5-3-2-4-9(10)6-7-14-12/h2-8H,1H3,(H,19,20). The van der Waals surface area contributed by atoms with Crippen LogP contribution in [0.15, 0.2) is 36.5 Å². The molecule has 3 aromatic rings. The van der Waals surface area contributed by atoms with Crippen LogP contribution in [0.4, 0.5) is 0 Å². The van der Waals surface area contributed by atoms with E-state index in [0.717, 1.165) is 10.8 Å². The topological polar surface area (TPSA) is 93.8 Å². The lowest BCUT2D eigenvalue weighted by Crippen LogP contribution is -2.15. The van der Waals surface area contributed by atoms with Crippen LogP contribution in [-0.2, 0) is 4.79 Å². The Labute approximate surface area is 113 Å². The molecule has 0 aliphatic heterocycles. The van der Waals surface area contributed by atoms with Crippen LogP contribution in [0.2, 0.25) is 0 Å². The number of carbonyl (C=O) groups is 1. The second-order valence-electron chi connectivity index (χ2n) is 4.36. The predicted molar refractivity (Wildman–Crippen MR) is 70.5 cm³/mol. The molecule has 0 amide bonds. The lowest BCUT2D eigenvalue weighted by atomic mass is 10.1. The molecule has 1 atom stereocenters. The summed E-state index contributed by atoms with van der Waals surface area (Å²) in [6, 6.07) is 9.54.